The smallest absolute Gasteiger partial charge is 0.315 e. The van der Waals surface area contributed by atoms with Gasteiger partial charge in [-0.05, 0) is 32.6 Å². The number of thiazole rings is 1. The van der Waals surface area contributed by atoms with E-state index in [0.717, 1.165) is 11.4 Å². The number of urea groups is 1. The molecule has 3 N–H and O–H groups in total. The third kappa shape index (κ3) is 6.57. The van der Waals surface area contributed by atoms with Gasteiger partial charge in [0.05, 0.1) is 5.54 Å². The minimum atomic E-state index is -0.780. The summed E-state index contributed by atoms with van der Waals surface area (Å²) in [7, 11) is 0. The SMILES string of the molecule is CC(CCNC(=O)NC(C)(C)c1nccs1)CCC(=O)O. The number of aliphatic carboxylic acids is 1. The monoisotopic (exact) mass is 313 g/mol. The van der Waals surface area contributed by atoms with Crippen molar-refractivity contribution in [3.8, 4) is 0 Å². The molecule has 1 aromatic rings. The number of carboxylic acid groups (broad SMARTS) is 1. The maximum absolute atomic E-state index is 11.9. The standard InChI is InChI=1S/C14H23N3O3S/c1-10(4-5-11(18)19)6-7-16-13(20)17-14(2,3)12-15-8-9-21-12/h8-10H,4-7H2,1-3H3,(H,18,19)(H2,16,17,20). The van der Waals surface area contributed by atoms with Crippen LogP contribution in [0.3, 0.4) is 0 Å². The fourth-order valence-electron chi connectivity index (χ4n) is 1.86. The van der Waals surface area contributed by atoms with Crippen LogP contribution in [0.25, 0.3) is 0 Å². The number of hydrogen-bond acceptors (Lipinski definition) is 4. The van der Waals surface area contributed by atoms with Crippen LogP contribution < -0.4 is 10.6 Å². The number of amides is 2. The first-order valence-corrected chi connectivity index (χ1v) is 7.87. The van der Waals surface area contributed by atoms with Crippen molar-refractivity contribution in [1.82, 2.24) is 15.6 Å². The summed E-state index contributed by atoms with van der Waals surface area (Å²) in [4.78, 5) is 26.5. The third-order valence-corrected chi connectivity index (χ3v) is 4.26. The van der Waals surface area contributed by atoms with Crippen LogP contribution in [0.4, 0.5) is 4.79 Å². The first kappa shape index (κ1) is 17.4. The normalized spacial score (nSPS) is 12.7. The molecule has 0 aromatic carbocycles. The van der Waals surface area contributed by atoms with Gasteiger partial charge in [0, 0.05) is 24.5 Å². The van der Waals surface area contributed by atoms with Crippen LogP contribution in [0.2, 0.25) is 0 Å². The number of rotatable bonds is 8. The Kier molecular flexibility index (Phi) is 6.61. The van der Waals surface area contributed by atoms with E-state index in [1.165, 1.54) is 11.3 Å². The molecule has 1 heterocycles. The van der Waals surface area contributed by atoms with Crippen LogP contribution in [-0.4, -0.2) is 28.6 Å². The lowest BCUT2D eigenvalue weighted by Gasteiger charge is -2.24. The zero-order valence-electron chi connectivity index (χ0n) is 12.7. The molecule has 0 saturated heterocycles. The van der Waals surface area contributed by atoms with Crippen molar-refractivity contribution in [2.24, 2.45) is 5.92 Å². The summed E-state index contributed by atoms with van der Waals surface area (Å²) in [6.07, 6.45) is 3.28. The topological polar surface area (TPSA) is 91.3 Å². The second kappa shape index (κ2) is 7.97. The summed E-state index contributed by atoms with van der Waals surface area (Å²) in [6, 6.07) is -0.236. The zero-order valence-corrected chi connectivity index (χ0v) is 13.5. The third-order valence-electron chi connectivity index (χ3n) is 3.17. The Balaban J connectivity index is 2.27. The number of carbonyl (C=O) groups excluding carboxylic acids is 1. The molecular formula is C14H23N3O3S. The molecule has 6 nitrogen and oxygen atoms in total. The van der Waals surface area contributed by atoms with Crippen LogP contribution in [0.1, 0.15) is 45.0 Å². The molecule has 1 rings (SSSR count). The molecule has 1 atom stereocenters. The van der Waals surface area contributed by atoms with Crippen LogP contribution in [0, 0.1) is 5.92 Å². The minimum Gasteiger partial charge on any atom is -0.481 e. The van der Waals surface area contributed by atoms with E-state index in [-0.39, 0.29) is 18.4 Å². The summed E-state index contributed by atoms with van der Waals surface area (Å²) in [6.45, 7) is 6.32. The first-order valence-electron chi connectivity index (χ1n) is 6.99. The second-order valence-electron chi connectivity index (χ2n) is 5.67. The van der Waals surface area contributed by atoms with Crippen molar-refractivity contribution in [2.75, 3.05) is 6.54 Å². The Hall–Kier alpha value is -1.63. The number of nitrogens with one attached hydrogen (secondary N) is 2. The van der Waals surface area contributed by atoms with Crippen molar-refractivity contribution in [3.63, 3.8) is 0 Å². The quantitative estimate of drug-likeness (QED) is 0.688. The molecule has 0 aliphatic rings. The fourth-order valence-corrected chi connectivity index (χ4v) is 2.58. The Morgan fingerprint density at radius 3 is 2.71 bits per heavy atom. The van der Waals surface area contributed by atoms with Gasteiger partial charge in [0.1, 0.15) is 5.01 Å². The maximum Gasteiger partial charge on any atom is 0.315 e. The number of carbonyl (C=O) groups is 2. The van der Waals surface area contributed by atoms with Crippen LogP contribution in [-0.2, 0) is 10.3 Å². The Bertz CT molecular complexity index is 460. The van der Waals surface area contributed by atoms with Gasteiger partial charge in [0.25, 0.3) is 0 Å². The number of aromatic nitrogens is 1. The number of nitrogens with zero attached hydrogens (tertiary/aromatic N) is 1. The van der Waals surface area contributed by atoms with E-state index >= 15 is 0 Å². The molecule has 1 unspecified atom stereocenters. The highest BCUT2D eigenvalue weighted by Crippen LogP contribution is 2.21. The molecule has 2 amide bonds. The molecule has 0 saturated carbocycles. The van der Waals surface area contributed by atoms with Crippen LogP contribution in [0.5, 0.6) is 0 Å². The highest BCUT2D eigenvalue weighted by Gasteiger charge is 2.25. The van der Waals surface area contributed by atoms with Gasteiger partial charge >= 0.3 is 12.0 Å². The highest BCUT2D eigenvalue weighted by molar-refractivity contribution is 7.09. The van der Waals surface area contributed by atoms with Gasteiger partial charge in [-0.2, -0.15) is 0 Å². The van der Waals surface area contributed by atoms with Crippen molar-refractivity contribution in [2.45, 2.75) is 45.6 Å². The van der Waals surface area contributed by atoms with Crippen molar-refractivity contribution >= 4 is 23.3 Å². The molecular weight excluding hydrogens is 290 g/mol. The van der Waals surface area contributed by atoms with Gasteiger partial charge in [-0.15, -0.1) is 11.3 Å². The van der Waals surface area contributed by atoms with Crippen molar-refractivity contribution in [1.29, 1.82) is 0 Å². The van der Waals surface area contributed by atoms with E-state index in [1.807, 2.05) is 26.2 Å². The average Bonchev–Trinajstić information content (AvgIpc) is 2.90. The van der Waals surface area contributed by atoms with Crippen LogP contribution >= 0.6 is 11.3 Å². The lowest BCUT2D eigenvalue weighted by Crippen LogP contribution is -2.46. The van der Waals surface area contributed by atoms with Gasteiger partial charge in [-0.25, -0.2) is 9.78 Å². The molecule has 0 radical (unpaired) electrons. The summed E-state index contributed by atoms with van der Waals surface area (Å²) in [5.41, 5.74) is -0.507. The summed E-state index contributed by atoms with van der Waals surface area (Å²) in [5.74, 6) is -0.508. The van der Waals surface area contributed by atoms with Crippen molar-refractivity contribution in [3.05, 3.63) is 16.6 Å². The van der Waals surface area contributed by atoms with E-state index in [1.54, 1.807) is 6.20 Å². The summed E-state index contributed by atoms with van der Waals surface area (Å²) >= 11 is 1.50. The molecule has 0 aliphatic heterocycles. The first-order chi connectivity index (χ1) is 9.81. The lowest BCUT2D eigenvalue weighted by atomic mass is 10.0. The molecule has 118 valence electrons. The minimum absolute atomic E-state index is 0.171. The van der Waals surface area contributed by atoms with Gasteiger partial charge in [0.2, 0.25) is 0 Å². The van der Waals surface area contributed by atoms with E-state index in [4.69, 9.17) is 5.11 Å². The lowest BCUT2D eigenvalue weighted by molar-refractivity contribution is -0.137. The average molecular weight is 313 g/mol. The Labute approximate surface area is 129 Å². The van der Waals surface area contributed by atoms with E-state index in [9.17, 15) is 9.59 Å². The molecule has 21 heavy (non-hydrogen) atoms. The molecule has 1 aromatic heterocycles. The Morgan fingerprint density at radius 2 is 2.14 bits per heavy atom. The molecule has 0 bridgehead atoms. The molecule has 7 heteroatoms. The molecule has 0 fully saturated rings. The van der Waals surface area contributed by atoms with E-state index in [0.29, 0.717) is 13.0 Å². The molecule has 0 spiro atoms. The van der Waals surface area contributed by atoms with Gasteiger partial charge < -0.3 is 15.7 Å². The molecule has 0 aliphatic carbocycles. The second-order valence-corrected chi connectivity index (χ2v) is 6.56. The zero-order chi connectivity index (χ0) is 15.9. The van der Waals surface area contributed by atoms with Gasteiger partial charge in [-0.3, -0.25) is 4.79 Å². The summed E-state index contributed by atoms with van der Waals surface area (Å²) in [5, 5.41) is 17.0. The predicted molar refractivity (Wildman–Crippen MR) is 82.3 cm³/mol. The summed E-state index contributed by atoms with van der Waals surface area (Å²) < 4.78 is 0. The largest absolute Gasteiger partial charge is 0.481 e. The number of carboxylic acids is 1. The van der Waals surface area contributed by atoms with E-state index in [2.05, 4.69) is 15.6 Å². The Morgan fingerprint density at radius 1 is 1.43 bits per heavy atom. The number of hydrogen-bond donors (Lipinski definition) is 3. The van der Waals surface area contributed by atoms with E-state index < -0.39 is 11.5 Å². The van der Waals surface area contributed by atoms with Crippen LogP contribution in [0.15, 0.2) is 11.6 Å². The fraction of sp³-hybridized carbons (Fsp3) is 0.643. The van der Waals surface area contributed by atoms with Crippen molar-refractivity contribution < 1.29 is 14.7 Å². The van der Waals surface area contributed by atoms with Gasteiger partial charge in [0.15, 0.2) is 0 Å². The predicted octanol–water partition coefficient (Wildman–Crippen LogP) is 2.57. The highest BCUT2D eigenvalue weighted by atomic mass is 32.1. The maximum atomic E-state index is 11.9. The van der Waals surface area contributed by atoms with Gasteiger partial charge in [-0.1, -0.05) is 6.92 Å².